The summed E-state index contributed by atoms with van der Waals surface area (Å²) in [5.74, 6) is 0.450. The summed E-state index contributed by atoms with van der Waals surface area (Å²) >= 11 is 1.21. The van der Waals surface area contributed by atoms with Crippen LogP contribution < -0.4 is 16.0 Å². The van der Waals surface area contributed by atoms with Gasteiger partial charge in [-0.15, -0.1) is 11.3 Å². The van der Waals surface area contributed by atoms with Gasteiger partial charge in [0.2, 0.25) is 11.8 Å². The minimum absolute atomic E-state index is 0.0159. The van der Waals surface area contributed by atoms with Crippen molar-refractivity contribution in [3.63, 3.8) is 0 Å². The number of fused-ring (bicyclic) bond motifs is 2. The molecular weight excluding hydrogens is 600 g/mol. The van der Waals surface area contributed by atoms with Crippen LogP contribution in [0.25, 0.3) is 21.0 Å². The van der Waals surface area contributed by atoms with Gasteiger partial charge in [-0.1, -0.05) is 18.2 Å². The number of likely N-dealkylation sites (tertiary alicyclic amines) is 1. The van der Waals surface area contributed by atoms with E-state index in [9.17, 15) is 24.3 Å². The Labute approximate surface area is 261 Å². The SMILES string of the molecule is COc1ccccc1C(Cn1c(=O)n(C2(C(=O)O)CC2)c(=O)c2c(C)c(-c3ncco3)sc21)OC1CC2CN(C(C)=O)CC2C1. The molecule has 1 N–H and O–H groups in total. The second kappa shape index (κ2) is 11.0. The van der Waals surface area contributed by atoms with Crippen molar-refractivity contribution in [1.29, 1.82) is 0 Å². The molecule has 1 amide bonds. The molecule has 2 saturated carbocycles. The summed E-state index contributed by atoms with van der Waals surface area (Å²) in [6.45, 7) is 4.79. The quantitative estimate of drug-likeness (QED) is 0.291. The molecule has 12 nitrogen and oxygen atoms in total. The van der Waals surface area contributed by atoms with Crippen molar-refractivity contribution in [1.82, 2.24) is 19.0 Å². The summed E-state index contributed by atoms with van der Waals surface area (Å²) < 4.78 is 20.5. The molecule has 4 heterocycles. The van der Waals surface area contributed by atoms with E-state index in [4.69, 9.17) is 13.9 Å². The Balaban J connectivity index is 1.35. The average Bonchev–Trinajstić information content (AvgIpc) is 3.35. The first-order valence-electron chi connectivity index (χ1n) is 15.1. The lowest BCUT2D eigenvalue weighted by molar-refractivity contribution is -0.142. The van der Waals surface area contributed by atoms with Gasteiger partial charge in [-0.05, 0) is 56.1 Å². The summed E-state index contributed by atoms with van der Waals surface area (Å²) in [6, 6.07) is 7.46. The van der Waals surface area contributed by atoms with Crippen molar-refractivity contribution in [2.45, 2.75) is 63.8 Å². The number of oxazole rings is 1. The molecule has 3 unspecified atom stereocenters. The van der Waals surface area contributed by atoms with Crippen LogP contribution in [0.1, 0.15) is 49.8 Å². The maximum atomic E-state index is 14.3. The highest BCUT2D eigenvalue weighted by molar-refractivity contribution is 7.22. The first kappa shape index (κ1) is 29.5. The number of ether oxygens (including phenoxy) is 2. The number of carboxylic acid groups (broad SMARTS) is 1. The fourth-order valence-corrected chi connectivity index (χ4v) is 8.48. The third kappa shape index (κ3) is 4.80. The van der Waals surface area contributed by atoms with Gasteiger partial charge in [-0.3, -0.25) is 14.2 Å². The maximum absolute atomic E-state index is 14.3. The summed E-state index contributed by atoms with van der Waals surface area (Å²) in [7, 11) is 1.58. The van der Waals surface area contributed by atoms with Crippen molar-refractivity contribution in [2.75, 3.05) is 20.2 Å². The number of thiophene rings is 1. The van der Waals surface area contributed by atoms with Gasteiger partial charge in [0.1, 0.15) is 28.5 Å². The molecule has 1 aromatic carbocycles. The van der Waals surface area contributed by atoms with E-state index in [2.05, 4.69) is 4.98 Å². The van der Waals surface area contributed by atoms with Gasteiger partial charge in [-0.2, -0.15) is 0 Å². The third-order valence-electron chi connectivity index (χ3n) is 9.73. The van der Waals surface area contributed by atoms with Crippen LogP contribution in [-0.4, -0.2) is 62.3 Å². The topological polar surface area (TPSA) is 146 Å². The molecule has 0 radical (unpaired) electrons. The summed E-state index contributed by atoms with van der Waals surface area (Å²) in [5, 5.41) is 10.4. The molecule has 45 heavy (non-hydrogen) atoms. The highest BCUT2D eigenvalue weighted by atomic mass is 32.1. The van der Waals surface area contributed by atoms with E-state index in [0.29, 0.717) is 51.8 Å². The molecular formula is C32H34N4O8S. The number of rotatable bonds is 9. The van der Waals surface area contributed by atoms with E-state index in [1.54, 1.807) is 21.0 Å². The van der Waals surface area contributed by atoms with Crippen LogP contribution in [0.2, 0.25) is 0 Å². The number of amides is 1. The Morgan fingerprint density at radius 3 is 2.49 bits per heavy atom. The average molecular weight is 635 g/mol. The summed E-state index contributed by atoms with van der Waals surface area (Å²) in [4.78, 5) is 59.9. The molecule has 3 aromatic heterocycles. The number of para-hydroxylation sites is 1. The van der Waals surface area contributed by atoms with Crippen LogP contribution in [0, 0.1) is 18.8 Å². The third-order valence-corrected chi connectivity index (χ3v) is 11.0. The molecule has 3 fully saturated rings. The summed E-state index contributed by atoms with van der Waals surface area (Å²) in [6.07, 6.45) is 4.09. The van der Waals surface area contributed by atoms with Crippen LogP contribution in [0.15, 0.2) is 50.7 Å². The number of hydrogen-bond acceptors (Lipinski definition) is 9. The van der Waals surface area contributed by atoms with Crippen molar-refractivity contribution in [3.8, 4) is 16.5 Å². The molecule has 1 saturated heterocycles. The minimum Gasteiger partial charge on any atom is -0.496 e. The smallest absolute Gasteiger partial charge is 0.333 e. The van der Waals surface area contributed by atoms with Gasteiger partial charge < -0.3 is 23.9 Å². The van der Waals surface area contributed by atoms with Crippen LogP contribution in [0.3, 0.4) is 0 Å². The van der Waals surface area contributed by atoms with Crippen LogP contribution in [-0.2, 0) is 26.4 Å². The normalized spacial score (nSPS) is 22.5. The zero-order valence-corrected chi connectivity index (χ0v) is 26.0. The molecule has 3 aliphatic rings. The number of benzene rings is 1. The minimum atomic E-state index is -1.59. The van der Waals surface area contributed by atoms with Gasteiger partial charge >= 0.3 is 11.7 Å². The number of carboxylic acids is 1. The Morgan fingerprint density at radius 1 is 1.18 bits per heavy atom. The largest absolute Gasteiger partial charge is 0.496 e. The lowest BCUT2D eigenvalue weighted by Crippen LogP contribution is -2.49. The fourth-order valence-electron chi connectivity index (χ4n) is 7.23. The number of aliphatic carboxylic acids is 1. The Hall–Kier alpha value is -4.23. The van der Waals surface area contributed by atoms with Crippen LogP contribution in [0.4, 0.5) is 0 Å². The molecule has 2 aliphatic carbocycles. The van der Waals surface area contributed by atoms with Gasteiger partial charge in [0, 0.05) is 25.6 Å². The molecule has 0 bridgehead atoms. The highest BCUT2D eigenvalue weighted by Crippen LogP contribution is 2.45. The molecule has 1 aliphatic heterocycles. The van der Waals surface area contributed by atoms with Crippen LogP contribution in [0.5, 0.6) is 5.75 Å². The first-order valence-corrected chi connectivity index (χ1v) is 15.9. The lowest BCUT2D eigenvalue weighted by Gasteiger charge is -2.27. The molecule has 4 aromatic rings. The van der Waals surface area contributed by atoms with Gasteiger partial charge in [0.25, 0.3) is 5.56 Å². The van der Waals surface area contributed by atoms with Crippen molar-refractivity contribution >= 4 is 33.4 Å². The van der Waals surface area contributed by atoms with Crippen LogP contribution >= 0.6 is 11.3 Å². The Morgan fingerprint density at radius 2 is 1.89 bits per heavy atom. The molecule has 3 atom stereocenters. The second-order valence-corrected chi connectivity index (χ2v) is 13.3. The summed E-state index contributed by atoms with van der Waals surface area (Å²) in [5.41, 5.74) is -1.61. The predicted molar refractivity (Wildman–Crippen MR) is 164 cm³/mol. The monoisotopic (exact) mass is 634 g/mol. The Bertz CT molecular complexity index is 1910. The number of aryl methyl sites for hydroxylation is 1. The van der Waals surface area contributed by atoms with Gasteiger partial charge in [0.05, 0.1) is 36.2 Å². The molecule has 13 heteroatoms. The number of methoxy groups -OCH3 is 1. The van der Waals surface area contributed by atoms with Gasteiger partial charge in [-0.25, -0.2) is 19.1 Å². The van der Waals surface area contributed by atoms with Crippen molar-refractivity contribution in [3.05, 3.63) is 68.7 Å². The standard InChI is InChI=1S/C32H34N4O8S/c1-17-25-28(38)36(32(8-9-32)30(39)40)31(41)35(29(25)45-26(17)27-33-10-11-43-27)16-24(22-6-4-5-7-23(22)42-3)44-21-12-19-14-34(18(2)37)15-20(19)13-21/h4-7,10-11,19-21,24H,8-9,12-16H2,1-3H3,(H,39,40). The number of carbonyl (C=O) groups is 2. The molecule has 236 valence electrons. The zero-order valence-electron chi connectivity index (χ0n) is 25.2. The van der Waals surface area contributed by atoms with E-state index >= 15 is 0 Å². The van der Waals surface area contributed by atoms with E-state index in [1.165, 1.54) is 28.4 Å². The van der Waals surface area contributed by atoms with E-state index in [1.807, 2.05) is 29.2 Å². The molecule has 7 rings (SSSR count). The first-order chi connectivity index (χ1) is 21.6. The van der Waals surface area contributed by atoms with E-state index < -0.39 is 28.9 Å². The second-order valence-electron chi connectivity index (χ2n) is 12.3. The van der Waals surface area contributed by atoms with E-state index in [0.717, 1.165) is 23.0 Å². The fraction of sp³-hybridized carbons (Fsp3) is 0.469. The van der Waals surface area contributed by atoms with E-state index in [-0.39, 0.29) is 36.8 Å². The highest BCUT2D eigenvalue weighted by Gasteiger charge is 2.55. The number of nitrogens with zero attached hydrogens (tertiary/aromatic N) is 4. The number of carbonyl (C=O) groups excluding carboxylic acids is 1. The number of hydrogen-bond donors (Lipinski definition) is 1. The lowest BCUT2D eigenvalue weighted by atomic mass is 10.0. The number of aromatic nitrogens is 3. The maximum Gasteiger partial charge on any atom is 0.333 e. The zero-order chi connectivity index (χ0) is 31.6. The van der Waals surface area contributed by atoms with Crippen molar-refractivity contribution < 1.29 is 28.6 Å². The Kier molecular flexibility index (Phi) is 7.20. The molecule has 0 spiro atoms. The van der Waals surface area contributed by atoms with Gasteiger partial charge in [0.15, 0.2) is 0 Å². The predicted octanol–water partition coefficient (Wildman–Crippen LogP) is 3.79. The van der Waals surface area contributed by atoms with Crippen molar-refractivity contribution in [2.24, 2.45) is 11.8 Å².